The number of ether oxygens (including phenoxy) is 1. The molecular formula is C18H25N3O4. The molecule has 1 amide bonds. The molecule has 0 aliphatic carbocycles. The van der Waals surface area contributed by atoms with Crippen LogP contribution in [0.2, 0.25) is 0 Å². The highest BCUT2D eigenvalue weighted by Gasteiger charge is 2.37. The van der Waals surface area contributed by atoms with E-state index in [1.807, 2.05) is 37.4 Å². The number of nitrogens with one attached hydrogen (secondary N) is 1. The zero-order valence-electron chi connectivity index (χ0n) is 14.7. The lowest BCUT2D eigenvalue weighted by Crippen LogP contribution is -2.49. The zero-order chi connectivity index (χ0) is 18.3. The van der Waals surface area contributed by atoms with Crippen LogP contribution in [0.15, 0.2) is 35.4 Å². The van der Waals surface area contributed by atoms with Crippen molar-refractivity contribution < 1.29 is 19.4 Å². The van der Waals surface area contributed by atoms with E-state index in [0.29, 0.717) is 18.6 Å². The quantitative estimate of drug-likeness (QED) is 0.346. The van der Waals surface area contributed by atoms with Gasteiger partial charge in [0.15, 0.2) is 0 Å². The Hall–Kier alpha value is -2.25. The predicted molar refractivity (Wildman–Crippen MR) is 94.1 cm³/mol. The van der Waals surface area contributed by atoms with Gasteiger partial charge < -0.3 is 14.7 Å². The van der Waals surface area contributed by atoms with E-state index in [-0.39, 0.29) is 6.61 Å². The number of esters is 1. The molecule has 1 heterocycles. The van der Waals surface area contributed by atoms with Gasteiger partial charge in [-0.2, -0.15) is 5.10 Å². The molecule has 0 atom stereocenters. The van der Waals surface area contributed by atoms with Crippen LogP contribution in [0, 0.1) is 0 Å². The van der Waals surface area contributed by atoms with Gasteiger partial charge in [-0.25, -0.2) is 5.43 Å². The summed E-state index contributed by atoms with van der Waals surface area (Å²) < 4.78 is 4.75. The third-order valence-corrected chi connectivity index (χ3v) is 4.20. The van der Waals surface area contributed by atoms with Crippen molar-refractivity contribution in [3.05, 3.63) is 35.9 Å². The summed E-state index contributed by atoms with van der Waals surface area (Å²) in [5.41, 5.74) is 2.42. The molecule has 7 nitrogen and oxygen atoms in total. The summed E-state index contributed by atoms with van der Waals surface area (Å²) in [6, 6.07) is 9.26. The number of amides is 1. The van der Waals surface area contributed by atoms with Crippen LogP contribution in [-0.4, -0.2) is 59.9 Å². The number of benzene rings is 1. The first-order chi connectivity index (χ1) is 11.9. The van der Waals surface area contributed by atoms with Crippen LogP contribution in [0.25, 0.3) is 0 Å². The Kier molecular flexibility index (Phi) is 6.66. The van der Waals surface area contributed by atoms with E-state index in [2.05, 4.69) is 15.4 Å². The number of nitrogens with zero attached hydrogens (tertiary/aromatic N) is 2. The average Bonchev–Trinajstić information content (AvgIpc) is 2.59. The van der Waals surface area contributed by atoms with E-state index in [4.69, 9.17) is 4.74 Å². The first-order valence-corrected chi connectivity index (χ1v) is 8.43. The molecule has 1 saturated heterocycles. The summed E-state index contributed by atoms with van der Waals surface area (Å²) in [6.07, 6.45) is 0.635. The van der Waals surface area contributed by atoms with Crippen molar-refractivity contribution in [2.24, 2.45) is 5.10 Å². The van der Waals surface area contributed by atoms with Crippen molar-refractivity contribution in [1.82, 2.24) is 10.3 Å². The van der Waals surface area contributed by atoms with Gasteiger partial charge >= 0.3 is 5.97 Å². The standard InChI is InChI=1S/C18H25N3O4/c1-3-25-16(23)13-15(22)19-20-17(14-7-5-4-6-8-14)18(24)9-11-21(2)12-10-18/h4-8,24H,3,9-13H2,1-2H3,(H,19,22). The van der Waals surface area contributed by atoms with Crippen molar-refractivity contribution in [1.29, 1.82) is 0 Å². The topological polar surface area (TPSA) is 91.2 Å². The summed E-state index contributed by atoms with van der Waals surface area (Å²) in [4.78, 5) is 25.4. The summed E-state index contributed by atoms with van der Waals surface area (Å²) in [5, 5.41) is 15.2. The van der Waals surface area contributed by atoms with Crippen molar-refractivity contribution >= 4 is 17.6 Å². The summed E-state index contributed by atoms with van der Waals surface area (Å²) in [6.45, 7) is 3.37. The monoisotopic (exact) mass is 347 g/mol. The smallest absolute Gasteiger partial charge is 0.315 e. The van der Waals surface area contributed by atoms with Crippen LogP contribution in [0.1, 0.15) is 31.7 Å². The molecule has 0 radical (unpaired) electrons. The number of likely N-dealkylation sites (tertiary alicyclic amines) is 1. The maximum Gasteiger partial charge on any atom is 0.315 e. The van der Waals surface area contributed by atoms with Gasteiger partial charge in [-0.15, -0.1) is 0 Å². The second kappa shape index (κ2) is 8.73. The van der Waals surface area contributed by atoms with E-state index in [1.165, 1.54) is 0 Å². The molecule has 136 valence electrons. The van der Waals surface area contributed by atoms with Gasteiger partial charge in [0.25, 0.3) is 5.91 Å². The average molecular weight is 347 g/mol. The Labute approximate surface area is 147 Å². The molecule has 0 bridgehead atoms. The maximum atomic E-state index is 11.9. The first-order valence-electron chi connectivity index (χ1n) is 8.43. The minimum Gasteiger partial charge on any atom is -0.466 e. The Balaban J connectivity index is 2.18. The van der Waals surface area contributed by atoms with Crippen molar-refractivity contribution in [2.45, 2.75) is 31.8 Å². The molecule has 0 unspecified atom stereocenters. The fraction of sp³-hybridized carbons (Fsp3) is 0.500. The number of aliphatic hydroxyl groups is 1. The van der Waals surface area contributed by atoms with Crippen LogP contribution in [0.4, 0.5) is 0 Å². The van der Waals surface area contributed by atoms with Gasteiger partial charge in [0.05, 0.1) is 12.3 Å². The van der Waals surface area contributed by atoms with E-state index < -0.39 is 23.9 Å². The number of rotatable bonds is 6. The SMILES string of the molecule is CCOC(=O)CC(=O)NN=C(c1ccccc1)C1(O)CCN(C)CC1. The molecule has 7 heteroatoms. The van der Waals surface area contributed by atoms with Crippen LogP contribution < -0.4 is 5.43 Å². The number of hydrogen-bond donors (Lipinski definition) is 2. The van der Waals surface area contributed by atoms with E-state index in [0.717, 1.165) is 18.7 Å². The van der Waals surface area contributed by atoms with Crippen molar-refractivity contribution in [3.8, 4) is 0 Å². The lowest BCUT2D eigenvalue weighted by atomic mass is 9.83. The van der Waals surface area contributed by atoms with Crippen LogP contribution in [0.3, 0.4) is 0 Å². The fourth-order valence-corrected chi connectivity index (χ4v) is 2.76. The largest absolute Gasteiger partial charge is 0.466 e. The highest BCUT2D eigenvalue weighted by atomic mass is 16.5. The summed E-state index contributed by atoms with van der Waals surface area (Å²) in [7, 11) is 2.00. The van der Waals surface area contributed by atoms with Crippen LogP contribution >= 0.6 is 0 Å². The molecule has 2 rings (SSSR count). The third kappa shape index (κ3) is 5.37. The minimum absolute atomic E-state index is 0.220. The predicted octanol–water partition coefficient (Wildman–Crippen LogP) is 0.917. The molecule has 0 spiro atoms. The molecule has 1 aliphatic rings. The van der Waals surface area contributed by atoms with Crippen LogP contribution in [-0.2, 0) is 14.3 Å². The number of hydrazone groups is 1. The molecule has 2 N–H and O–H groups in total. The lowest BCUT2D eigenvalue weighted by Gasteiger charge is -2.37. The highest BCUT2D eigenvalue weighted by molar-refractivity contribution is 6.07. The van der Waals surface area contributed by atoms with Crippen molar-refractivity contribution in [3.63, 3.8) is 0 Å². The van der Waals surface area contributed by atoms with Gasteiger partial charge in [-0.3, -0.25) is 9.59 Å². The number of carbonyl (C=O) groups is 2. The molecule has 0 aromatic heterocycles. The first kappa shape index (κ1) is 19.1. The molecular weight excluding hydrogens is 322 g/mol. The highest BCUT2D eigenvalue weighted by Crippen LogP contribution is 2.26. The van der Waals surface area contributed by atoms with Crippen molar-refractivity contribution in [2.75, 3.05) is 26.7 Å². The van der Waals surface area contributed by atoms with Gasteiger partial charge in [0.1, 0.15) is 12.0 Å². The van der Waals surface area contributed by atoms with Crippen LogP contribution in [0.5, 0.6) is 0 Å². The second-order valence-electron chi connectivity index (χ2n) is 6.18. The Morgan fingerprint density at radius 2 is 1.92 bits per heavy atom. The molecule has 1 aliphatic heterocycles. The number of piperidine rings is 1. The Bertz CT molecular complexity index is 622. The second-order valence-corrected chi connectivity index (χ2v) is 6.18. The fourth-order valence-electron chi connectivity index (χ4n) is 2.76. The summed E-state index contributed by atoms with van der Waals surface area (Å²) in [5.74, 6) is -1.17. The van der Waals surface area contributed by atoms with Gasteiger partial charge in [-0.1, -0.05) is 30.3 Å². The Morgan fingerprint density at radius 3 is 2.52 bits per heavy atom. The third-order valence-electron chi connectivity index (χ3n) is 4.20. The normalized spacial score (nSPS) is 17.8. The van der Waals surface area contributed by atoms with Gasteiger partial charge in [0, 0.05) is 18.7 Å². The zero-order valence-corrected chi connectivity index (χ0v) is 14.7. The maximum absolute atomic E-state index is 11.9. The van der Waals surface area contributed by atoms with Gasteiger partial charge in [0.2, 0.25) is 0 Å². The molecule has 1 aromatic carbocycles. The van der Waals surface area contributed by atoms with E-state index in [9.17, 15) is 14.7 Å². The molecule has 1 fully saturated rings. The lowest BCUT2D eigenvalue weighted by molar-refractivity contribution is -0.145. The Morgan fingerprint density at radius 1 is 1.28 bits per heavy atom. The summed E-state index contributed by atoms with van der Waals surface area (Å²) >= 11 is 0. The van der Waals surface area contributed by atoms with Gasteiger partial charge in [-0.05, 0) is 26.8 Å². The molecule has 0 saturated carbocycles. The minimum atomic E-state index is -1.12. The molecule has 1 aromatic rings. The van der Waals surface area contributed by atoms with E-state index >= 15 is 0 Å². The molecule has 25 heavy (non-hydrogen) atoms. The number of carbonyl (C=O) groups excluding carboxylic acids is 2. The number of hydrogen-bond acceptors (Lipinski definition) is 6. The van der Waals surface area contributed by atoms with E-state index in [1.54, 1.807) is 6.92 Å².